The van der Waals surface area contributed by atoms with Crippen LogP contribution in [-0.2, 0) is 9.53 Å². The van der Waals surface area contributed by atoms with Crippen LogP contribution in [-0.4, -0.2) is 38.8 Å². The van der Waals surface area contributed by atoms with Gasteiger partial charge in [0, 0.05) is 23.7 Å². The molecule has 3 rings (SSSR count). The molecule has 1 unspecified atom stereocenters. The maximum absolute atomic E-state index is 12.2. The first-order valence-electron chi connectivity index (χ1n) is 7.80. The van der Waals surface area contributed by atoms with Crippen LogP contribution in [0.25, 0.3) is 11.0 Å². The van der Waals surface area contributed by atoms with Crippen molar-refractivity contribution in [3.05, 3.63) is 24.0 Å². The van der Waals surface area contributed by atoms with Crippen molar-refractivity contribution in [2.24, 2.45) is 0 Å². The average molecular weight is 316 g/mol. The summed E-state index contributed by atoms with van der Waals surface area (Å²) in [7, 11) is 0. The number of hydrogen-bond acceptors (Lipinski definition) is 5. The smallest absolute Gasteiger partial charge is 0.340 e. The van der Waals surface area contributed by atoms with Gasteiger partial charge in [-0.3, -0.25) is 4.79 Å². The highest BCUT2D eigenvalue weighted by atomic mass is 16.5. The second-order valence-corrected chi connectivity index (χ2v) is 6.15. The first-order valence-corrected chi connectivity index (χ1v) is 7.80. The molecule has 1 fully saturated rings. The van der Waals surface area contributed by atoms with E-state index in [9.17, 15) is 9.59 Å². The van der Waals surface area contributed by atoms with Gasteiger partial charge in [0.1, 0.15) is 0 Å². The molecule has 2 heterocycles. The van der Waals surface area contributed by atoms with Gasteiger partial charge in [-0.1, -0.05) is 0 Å². The minimum Gasteiger partial charge on any atom is -0.449 e. The molecule has 2 aromatic rings. The number of rotatable bonds is 5. The van der Waals surface area contributed by atoms with Crippen LogP contribution in [0.5, 0.6) is 0 Å². The predicted molar refractivity (Wildman–Crippen MR) is 84.0 cm³/mol. The lowest BCUT2D eigenvalue weighted by Crippen LogP contribution is -2.37. The van der Waals surface area contributed by atoms with E-state index in [1.54, 1.807) is 23.9 Å². The Hall–Kier alpha value is -2.44. The maximum Gasteiger partial charge on any atom is 0.340 e. The summed E-state index contributed by atoms with van der Waals surface area (Å²) in [4.78, 5) is 28.3. The fraction of sp³-hybridized carbons (Fsp3) is 0.500. The van der Waals surface area contributed by atoms with Crippen LogP contribution in [0.3, 0.4) is 0 Å². The summed E-state index contributed by atoms with van der Waals surface area (Å²) in [5, 5.41) is 7.84. The highest BCUT2D eigenvalue weighted by molar-refractivity contribution is 5.94. The molecule has 1 N–H and O–H groups in total. The molecule has 7 nitrogen and oxygen atoms in total. The number of carbonyl (C=O) groups excluding carboxylic acids is 2. The van der Waals surface area contributed by atoms with Crippen molar-refractivity contribution >= 4 is 22.9 Å². The zero-order valence-corrected chi connectivity index (χ0v) is 13.4. The number of carbonyl (C=O) groups is 2. The summed E-state index contributed by atoms with van der Waals surface area (Å²) in [6.45, 7) is 5.59. The van der Waals surface area contributed by atoms with Crippen LogP contribution in [0.1, 0.15) is 50.0 Å². The summed E-state index contributed by atoms with van der Waals surface area (Å²) in [5.41, 5.74) is 1.03. The van der Waals surface area contributed by atoms with Gasteiger partial charge in [0.15, 0.2) is 11.8 Å². The van der Waals surface area contributed by atoms with Gasteiger partial charge < -0.3 is 10.1 Å². The molecule has 0 spiro atoms. The van der Waals surface area contributed by atoms with Gasteiger partial charge in [-0.05, 0) is 39.7 Å². The number of nitrogens with zero attached hydrogens (tertiary/aromatic N) is 3. The third kappa shape index (κ3) is 3.33. The van der Waals surface area contributed by atoms with E-state index in [2.05, 4.69) is 15.4 Å². The van der Waals surface area contributed by atoms with Crippen molar-refractivity contribution in [1.82, 2.24) is 20.1 Å². The standard InChI is InChI=1S/C16H20N4O3/c1-9(2)20-14-11(8-18-20)6-12(7-17-14)16(22)23-10(3)15(21)19-13-4-5-13/h6-10,13H,4-5H2,1-3H3,(H,19,21). The first-order chi connectivity index (χ1) is 11.0. The van der Waals surface area contributed by atoms with E-state index in [-0.39, 0.29) is 18.0 Å². The number of nitrogens with one attached hydrogen (secondary N) is 1. The minimum atomic E-state index is -0.822. The molecule has 0 radical (unpaired) electrons. The van der Waals surface area contributed by atoms with E-state index in [4.69, 9.17) is 4.74 Å². The third-order valence-electron chi connectivity index (χ3n) is 3.73. The Morgan fingerprint density at radius 2 is 2.04 bits per heavy atom. The summed E-state index contributed by atoms with van der Waals surface area (Å²) in [6, 6.07) is 2.11. The Morgan fingerprint density at radius 1 is 1.30 bits per heavy atom. The first kappa shape index (κ1) is 15.5. The fourth-order valence-corrected chi connectivity index (χ4v) is 2.26. The second-order valence-electron chi connectivity index (χ2n) is 6.15. The molecule has 1 aliphatic rings. The van der Waals surface area contributed by atoms with Crippen molar-refractivity contribution in [1.29, 1.82) is 0 Å². The normalized spacial score (nSPS) is 15.7. The van der Waals surface area contributed by atoms with Crippen LogP contribution in [0.15, 0.2) is 18.5 Å². The molecule has 0 aliphatic heterocycles. The highest BCUT2D eigenvalue weighted by Crippen LogP contribution is 2.19. The van der Waals surface area contributed by atoms with Crippen LogP contribution in [0.4, 0.5) is 0 Å². The topological polar surface area (TPSA) is 86.1 Å². The van der Waals surface area contributed by atoms with Gasteiger partial charge in [0.05, 0.1) is 11.8 Å². The maximum atomic E-state index is 12.2. The van der Waals surface area contributed by atoms with E-state index in [0.717, 1.165) is 23.9 Å². The molecule has 0 bridgehead atoms. The van der Waals surface area contributed by atoms with E-state index >= 15 is 0 Å². The predicted octanol–water partition coefficient (Wildman–Crippen LogP) is 1.84. The van der Waals surface area contributed by atoms with Gasteiger partial charge in [0.25, 0.3) is 5.91 Å². The third-order valence-corrected chi connectivity index (χ3v) is 3.73. The van der Waals surface area contributed by atoms with Gasteiger partial charge in [-0.15, -0.1) is 0 Å². The Labute approximate surface area is 134 Å². The fourth-order valence-electron chi connectivity index (χ4n) is 2.26. The summed E-state index contributed by atoms with van der Waals surface area (Å²) < 4.78 is 7.00. The van der Waals surface area contributed by atoms with E-state index in [1.807, 2.05) is 13.8 Å². The van der Waals surface area contributed by atoms with E-state index in [1.165, 1.54) is 6.20 Å². The SMILES string of the molecule is CC(OC(=O)c1cnc2c(cnn2C(C)C)c1)C(=O)NC1CC1. The molecule has 2 aromatic heterocycles. The Morgan fingerprint density at radius 3 is 2.70 bits per heavy atom. The van der Waals surface area contributed by atoms with Gasteiger partial charge in [-0.25, -0.2) is 14.5 Å². The number of hydrogen-bond donors (Lipinski definition) is 1. The van der Waals surface area contributed by atoms with Gasteiger partial charge in [0.2, 0.25) is 0 Å². The minimum absolute atomic E-state index is 0.184. The number of amides is 1. The van der Waals surface area contributed by atoms with Crippen LogP contribution in [0, 0.1) is 0 Å². The van der Waals surface area contributed by atoms with Gasteiger partial charge in [-0.2, -0.15) is 5.10 Å². The summed E-state index contributed by atoms with van der Waals surface area (Å²) >= 11 is 0. The molecule has 122 valence electrons. The monoisotopic (exact) mass is 316 g/mol. The van der Waals surface area contributed by atoms with Crippen LogP contribution >= 0.6 is 0 Å². The Balaban J connectivity index is 1.71. The number of pyridine rings is 1. The molecule has 7 heteroatoms. The lowest BCUT2D eigenvalue weighted by molar-refractivity contribution is -0.129. The molecular formula is C16H20N4O3. The highest BCUT2D eigenvalue weighted by Gasteiger charge is 2.27. The van der Waals surface area contributed by atoms with Crippen molar-refractivity contribution in [2.45, 2.75) is 51.8 Å². The molecule has 0 saturated heterocycles. The summed E-state index contributed by atoms with van der Waals surface area (Å²) in [5.74, 6) is -0.822. The number of fused-ring (bicyclic) bond motifs is 1. The van der Waals surface area contributed by atoms with Crippen molar-refractivity contribution in [2.75, 3.05) is 0 Å². The van der Waals surface area contributed by atoms with Crippen LogP contribution < -0.4 is 5.32 Å². The van der Waals surface area contributed by atoms with Crippen molar-refractivity contribution in [3.8, 4) is 0 Å². The zero-order valence-electron chi connectivity index (χ0n) is 13.4. The zero-order chi connectivity index (χ0) is 16.6. The quantitative estimate of drug-likeness (QED) is 0.851. The van der Waals surface area contributed by atoms with Gasteiger partial charge >= 0.3 is 5.97 Å². The number of ether oxygens (including phenoxy) is 1. The molecule has 0 aromatic carbocycles. The molecule has 1 aliphatic carbocycles. The number of esters is 1. The van der Waals surface area contributed by atoms with Crippen LogP contribution in [0.2, 0.25) is 0 Å². The molecule has 1 atom stereocenters. The summed E-state index contributed by atoms with van der Waals surface area (Å²) in [6.07, 6.45) is 4.29. The second kappa shape index (κ2) is 5.98. The lowest BCUT2D eigenvalue weighted by atomic mass is 10.2. The van der Waals surface area contributed by atoms with E-state index in [0.29, 0.717) is 5.56 Å². The van der Waals surface area contributed by atoms with Crippen molar-refractivity contribution in [3.63, 3.8) is 0 Å². The molecular weight excluding hydrogens is 296 g/mol. The van der Waals surface area contributed by atoms with E-state index < -0.39 is 12.1 Å². The molecule has 1 amide bonds. The molecule has 23 heavy (non-hydrogen) atoms. The largest absolute Gasteiger partial charge is 0.449 e. The Bertz CT molecular complexity index is 749. The lowest BCUT2D eigenvalue weighted by Gasteiger charge is -2.13. The Kier molecular flexibility index (Phi) is 4.02. The average Bonchev–Trinajstić information content (AvgIpc) is 3.22. The van der Waals surface area contributed by atoms with Crippen molar-refractivity contribution < 1.29 is 14.3 Å². The molecule has 1 saturated carbocycles. The number of aromatic nitrogens is 3.